The van der Waals surface area contributed by atoms with Gasteiger partial charge in [-0.25, -0.2) is 4.79 Å². The molecule has 0 aromatic rings. The highest BCUT2D eigenvalue weighted by molar-refractivity contribution is 5.69. The van der Waals surface area contributed by atoms with E-state index in [4.69, 9.17) is 9.47 Å². The van der Waals surface area contributed by atoms with Crippen molar-refractivity contribution >= 4 is 6.09 Å². The topological polar surface area (TPSA) is 59.6 Å². The van der Waals surface area contributed by atoms with Crippen molar-refractivity contribution in [3.8, 4) is 0 Å². The number of nitrogens with one attached hydrogen (secondary N) is 2. The van der Waals surface area contributed by atoms with E-state index in [1.54, 1.807) is 0 Å². The van der Waals surface area contributed by atoms with Crippen LogP contribution in [0.2, 0.25) is 0 Å². The van der Waals surface area contributed by atoms with E-state index in [-0.39, 0.29) is 12.2 Å². The highest BCUT2D eigenvalue weighted by atomic mass is 16.6. The number of ether oxygens (including phenoxy) is 2. The molecule has 1 aliphatic heterocycles. The van der Waals surface area contributed by atoms with Gasteiger partial charge in [-0.2, -0.15) is 0 Å². The number of carbonyl (C=O) groups excluding carboxylic acids is 1. The fourth-order valence-corrected chi connectivity index (χ4v) is 1.30. The molecule has 15 heavy (non-hydrogen) atoms. The quantitative estimate of drug-likeness (QED) is 0.608. The van der Waals surface area contributed by atoms with Crippen molar-refractivity contribution in [3.05, 3.63) is 0 Å². The monoisotopic (exact) mass is 216 g/mol. The first-order chi connectivity index (χ1) is 7.18. The lowest BCUT2D eigenvalue weighted by molar-refractivity contribution is 0.0450. The summed E-state index contributed by atoms with van der Waals surface area (Å²) in [5.74, 6) is 0. The van der Waals surface area contributed by atoms with Crippen LogP contribution >= 0.6 is 0 Å². The molecule has 1 aliphatic rings. The Morgan fingerprint density at radius 3 is 3.07 bits per heavy atom. The average Bonchev–Trinajstić information content (AvgIpc) is 2.57. The molecule has 1 unspecified atom stereocenters. The minimum atomic E-state index is -0.343. The van der Waals surface area contributed by atoms with Gasteiger partial charge < -0.3 is 20.1 Å². The van der Waals surface area contributed by atoms with Gasteiger partial charge in [0.15, 0.2) is 0 Å². The van der Waals surface area contributed by atoms with E-state index in [1.807, 2.05) is 0 Å². The second kappa shape index (κ2) is 6.63. The number of alkyl carbamates (subject to hydrolysis) is 1. The van der Waals surface area contributed by atoms with Crippen LogP contribution in [-0.2, 0) is 9.47 Å². The third kappa shape index (κ3) is 5.59. The summed E-state index contributed by atoms with van der Waals surface area (Å²) in [7, 11) is 0. The largest absolute Gasteiger partial charge is 0.442 e. The summed E-state index contributed by atoms with van der Waals surface area (Å²) in [5, 5.41) is 5.89. The summed E-state index contributed by atoms with van der Waals surface area (Å²) in [6, 6.07) is 0.519. The highest BCUT2D eigenvalue weighted by Gasteiger charge is 2.21. The summed E-state index contributed by atoms with van der Waals surface area (Å²) in [6.45, 7) is 6.94. The fraction of sp³-hybridized carbons (Fsp3) is 0.900. The molecule has 2 N–H and O–H groups in total. The van der Waals surface area contributed by atoms with Crippen LogP contribution in [0.4, 0.5) is 4.79 Å². The predicted octanol–water partition coefficient (Wildman–Crippen LogP) is 0.499. The zero-order valence-corrected chi connectivity index (χ0v) is 9.41. The molecule has 1 fully saturated rings. The Morgan fingerprint density at radius 2 is 2.47 bits per heavy atom. The Balaban J connectivity index is 1.87. The van der Waals surface area contributed by atoms with Gasteiger partial charge in [0.1, 0.15) is 6.10 Å². The van der Waals surface area contributed by atoms with Crippen molar-refractivity contribution in [3.63, 3.8) is 0 Å². The van der Waals surface area contributed by atoms with E-state index in [2.05, 4.69) is 24.5 Å². The minimum Gasteiger partial charge on any atom is -0.442 e. The normalized spacial score (nSPS) is 20.5. The second-order valence-electron chi connectivity index (χ2n) is 3.95. The van der Waals surface area contributed by atoms with E-state index in [0.717, 1.165) is 13.0 Å². The van der Waals surface area contributed by atoms with Crippen LogP contribution in [-0.4, -0.2) is 44.5 Å². The Morgan fingerprint density at radius 1 is 1.67 bits per heavy atom. The Bertz CT molecular complexity index is 197. The van der Waals surface area contributed by atoms with Crippen LogP contribution in [0.1, 0.15) is 20.3 Å². The van der Waals surface area contributed by atoms with E-state index in [9.17, 15) is 4.79 Å². The third-order valence-corrected chi connectivity index (χ3v) is 2.07. The molecule has 0 aliphatic carbocycles. The van der Waals surface area contributed by atoms with Crippen LogP contribution in [0.3, 0.4) is 0 Å². The molecule has 1 saturated heterocycles. The van der Waals surface area contributed by atoms with Gasteiger partial charge in [0.05, 0.1) is 13.2 Å². The molecular weight excluding hydrogens is 196 g/mol. The van der Waals surface area contributed by atoms with Gasteiger partial charge in [-0.3, -0.25) is 0 Å². The molecule has 88 valence electrons. The summed E-state index contributed by atoms with van der Waals surface area (Å²) in [4.78, 5) is 10.7. The van der Waals surface area contributed by atoms with Gasteiger partial charge in [0.25, 0.3) is 0 Å². The van der Waals surface area contributed by atoms with Crippen LogP contribution < -0.4 is 10.6 Å². The van der Waals surface area contributed by atoms with Gasteiger partial charge in [0, 0.05) is 12.6 Å². The minimum absolute atomic E-state index is 0.115. The molecule has 5 nitrogen and oxygen atoms in total. The smallest absolute Gasteiger partial charge is 0.407 e. The molecule has 0 spiro atoms. The first kappa shape index (κ1) is 12.3. The summed E-state index contributed by atoms with van der Waals surface area (Å²) in [5.41, 5.74) is 0. The second-order valence-corrected chi connectivity index (χ2v) is 3.95. The van der Waals surface area contributed by atoms with Crippen LogP contribution in [0, 0.1) is 0 Å². The van der Waals surface area contributed by atoms with Gasteiger partial charge in [-0.15, -0.1) is 0 Å². The van der Waals surface area contributed by atoms with E-state index >= 15 is 0 Å². The molecule has 0 bridgehead atoms. The van der Waals surface area contributed by atoms with Crippen molar-refractivity contribution in [2.24, 2.45) is 0 Å². The van der Waals surface area contributed by atoms with Crippen LogP contribution in [0.15, 0.2) is 0 Å². The molecule has 1 amide bonds. The number of cyclic esters (lactones) is 1. The van der Waals surface area contributed by atoms with E-state index < -0.39 is 0 Å². The van der Waals surface area contributed by atoms with Crippen molar-refractivity contribution in [2.75, 3.05) is 26.3 Å². The van der Waals surface area contributed by atoms with Gasteiger partial charge >= 0.3 is 6.09 Å². The lowest BCUT2D eigenvalue weighted by Crippen LogP contribution is -2.25. The van der Waals surface area contributed by atoms with Gasteiger partial charge in [-0.05, 0) is 13.0 Å². The standard InChI is InChI=1S/C10H20N2O3/c1-8(2)11-4-3-5-14-7-9-6-12-10(13)15-9/h8-9,11H,3-7H2,1-2H3,(H,12,13). The Labute approximate surface area is 90.5 Å². The van der Waals surface area contributed by atoms with Crippen LogP contribution in [0.25, 0.3) is 0 Å². The molecule has 1 rings (SSSR count). The lowest BCUT2D eigenvalue weighted by atomic mass is 10.3. The fourth-order valence-electron chi connectivity index (χ4n) is 1.30. The van der Waals surface area contributed by atoms with Crippen molar-refractivity contribution in [2.45, 2.75) is 32.4 Å². The first-order valence-corrected chi connectivity index (χ1v) is 5.44. The lowest BCUT2D eigenvalue weighted by Gasteiger charge is -2.10. The van der Waals surface area contributed by atoms with E-state index in [1.165, 1.54) is 0 Å². The number of hydrogen-bond acceptors (Lipinski definition) is 4. The zero-order chi connectivity index (χ0) is 11.1. The number of amides is 1. The van der Waals surface area contributed by atoms with E-state index in [0.29, 0.717) is 25.8 Å². The summed E-state index contributed by atoms with van der Waals surface area (Å²) < 4.78 is 10.3. The van der Waals surface area contributed by atoms with Gasteiger partial charge in [-0.1, -0.05) is 13.8 Å². The molecule has 0 aromatic carbocycles. The molecule has 0 radical (unpaired) electrons. The maximum Gasteiger partial charge on any atom is 0.407 e. The van der Waals surface area contributed by atoms with Crippen molar-refractivity contribution in [1.29, 1.82) is 0 Å². The predicted molar refractivity (Wildman–Crippen MR) is 56.8 cm³/mol. The molecule has 1 atom stereocenters. The third-order valence-electron chi connectivity index (χ3n) is 2.07. The number of hydrogen-bond donors (Lipinski definition) is 2. The van der Waals surface area contributed by atoms with Crippen LogP contribution in [0.5, 0.6) is 0 Å². The van der Waals surface area contributed by atoms with Gasteiger partial charge in [0.2, 0.25) is 0 Å². The number of rotatable bonds is 7. The highest BCUT2D eigenvalue weighted by Crippen LogP contribution is 2.00. The molecule has 5 heteroatoms. The molecule has 0 aromatic heterocycles. The number of carbonyl (C=O) groups is 1. The first-order valence-electron chi connectivity index (χ1n) is 5.44. The Hall–Kier alpha value is -0.810. The zero-order valence-electron chi connectivity index (χ0n) is 9.41. The Kier molecular flexibility index (Phi) is 5.42. The summed E-state index contributed by atoms with van der Waals surface area (Å²) in [6.07, 6.45) is 0.521. The average molecular weight is 216 g/mol. The maximum absolute atomic E-state index is 10.7. The SMILES string of the molecule is CC(C)NCCCOCC1CNC(=O)O1. The maximum atomic E-state index is 10.7. The van der Waals surface area contributed by atoms with Crippen molar-refractivity contribution in [1.82, 2.24) is 10.6 Å². The molecule has 0 saturated carbocycles. The molecular formula is C10H20N2O3. The molecule has 1 heterocycles. The van der Waals surface area contributed by atoms with Crippen molar-refractivity contribution < 1.29 is 14.3 Å². The summed E-state index contributed by atoms with van der Waals surface area (Å²) >= 11 is 0.